The highest BCUT2D eigenvalue weighted by molar-refractivity contribution is 7.90. The van der Waals surface area contributed by atoms with Crippen LogP contribution in [0, 0.1) is 0 Å². The van der Waals surface area contributed by atoms with Crippen LogP contribution in [-0.4, -0.2) is 35.8 Å². The van der Waals surface area contributed by atoms with Crippen LogP contribution in [0.5, 0.6) is 11.5 Å². The van der Waals surface area contributed by atoms with Gasteiger partial charge in [0.25, 0.3) is 0 Å². The Morgan fingerprint density at radius 3 is 2.26 bits per heavy atom. The van der Waals surface area contributed by atoms with Gasteiger partial charge in [-0.2, -0.15) is 0 Å². The van der Waals surface area contributed by atoms with Gasteiger partial charge < -0.3 is 14.5 Å². The van der Waals surface area contributed by atoms with Crippen LogP contribution < -0.4 is 14.5 Å². The minimum atomic E-state index is -3.14. The molecular formula is C20H29NO4SSi. The third-order valence-electron chi connectivity index (χ3n) is 3.90. The van der Waals surface area contributed by atoms with Crippen molar-refractivity contribution < 1.29 is 17.9 Å². The Morgan fingerprint density at radius 2 is 1.70 bits per heavy atom. The molecule has 5 nitrogen and oxygen atoms in total. The van der Waals surface area contributed by atoms with Gasteiger partial charge in [0.05, 0.1) is 12.9 Å². The molecule has 0 heterocycles. The third kappa shape index (κ3) is 7.36. The molecule has 0 fully saturated rings. The first-order valence-corrected chi connectivity index (χ1v) is 14.4. The summed E-state index contributed by atoms with van der Waals surface area (Å²) in [6.45, 7) is 6.87. The number of sulfone groups is 1. The van der Waals surface area contributed by atoms with E-state index in [4.69, 9.17) is 9.47 Å². The molecule has 2 aromatic carbocycles. The van der Waals surface area contributed by atoms with Gasteiger partial charge in [-0.1, -0.05) is 56.0 Å². The molecule has 1 N–H and O–H groups in total. The number of nitrogens with one attached hydrogen (secondary N) is 1. The largest absolute Gasteiger partial charge is 0.493 e. The standard InChI is InChI=1S/C20H29NO4SSi/c1-24-19-12-11-17(18(15-26(2,22)23)21-27(3,4)5)13-20(19)25-14-16-9-7-6-8-10-16/h6-13,18,21H,14-15H2,1-5H3. The van der Waals surface area contributed by atoms with Crippen LogP contribution in [0.2, 0.25) is 19.6 Å². The van der Waals surface area contributed by atoms with Crippen LogP contribution >= 0.6 is 0 Å². The molecule has 0 radical (unpaired) electrons. The summed E-state index contributed by atoms with van der Waals surface area (Å²) < 4.78 is 35.3. The minimum absolute atomic E-state index is 0.0434. The Balaban J connectivity index is 2.30. The Bertz CT molecular complexity index is 848. The van der Waals surface area contributed by atoms with Crippen LogP contribution in [-0.2, 0) is 16.4 Å². The van der Waals surface area contributed by atoms with Crippen LogP contribution in [0.15, 0.2) is 48.5 Å². The van der Waals surface area contributed by atoms with Gasteiger partial charge in [-0.25, -0.2) is 8.42 Å². The van der Waals surface area contributed by atoms with Gasteiger partial charge in [0.15, 0.2) is 11.5 Å². The Kier molecular flexibility index (Phi) is 7.08. The van der Waals surface area contributed by atoms with Crippen molar-refractivity contribution >= 4 is 18.1 Å². The van der Waals surface area contributed by atoms with E-state index < -0.39 is 18.1 Å². The van der Waals surface area contributed by atoms with Crippen molar-refractivity contribution in [2.45, 2.75) is 32.3 Å². The highest BCUT2D eigenvalue weighted by Crippen LogP contribution is 2.32. The van der Waals surface area contributed by atoms with Crippen LogP contribution in [0.25, 0.3) is 0 Å². The van der Waals surface area contributed by atoms with E-state index in [-0.39, 0.29) is 11.8 Å². The third-order valence-corrected chi connectivity index (χ3v) is 6.06. The summed E-state index contributed by atoms with van der Waals surface area (Å²) in [4.78, 5) is 3.53. The monoisotopic (exact) mass is 407 g/mol. The summed E-state index contributed by atoms with van der Waals surface area (Å²) in [5, 5.41) is 0. The van der Waals surface area contributed by atoms with Gasteiger partial charge >= 0.3 is 0 Å². The lowest BCUT2D eigenvalue weighted by atomic mass is 10.1. The molecule has 0 aliphatic heterocycles. The van der Waals surface area contributed by atoms with Gasteiger partial charge in [-0.15, -0.1) is 0 Å². The molecule has 0 spiro atoms. The lowest BCUT2D eigenvalue weighted by Gasteiger charge is -2.27. The number of hydrogen-bond donors (Lipinski definition) is 1. The van der Waals surface area contributed by atoms with Gasteiger partial charge in [-0.05, 0) is 23.3 Å². The van der Waals surface area contributed by atoms with E-state index in [1.165, 1.54) is 6.26 Å². The Labute approximate surface area is 163 Å². The highest BCUT2D eigenvalue weighted by Gasteiger charge is 2.25. The topological polar surface area (TPSA) is 64.6 Å². The van der Waals surface area contributed by atoms with E-state index in [9.17, 15) is 8.42 Å². The summed E-state index contributed by atoms with van der Waals surface area (Å²) in [6, 6.07) is 15.2. The summed E-state index contributed by atoms with van der Waals surface area (Å²) in [5.41, 5.74) is 1.93. The first-order valence-electron chi connectivity index (χ1n) is 8.87. The molecule has 0 aromatic heterocycles. The molecule has 0 aliphatic rings. The molecular weight excluding hydrogens is 378 g/mol. The van der Waals surface area contributed by atoms with Crippen molar-refractivity contribution in [1.29, 1.82) is 0 Å². The number of methoxy groups -OCH3 is 1. The van der Waals surface area contributed by atoms with Crippen LogP contribution in [0.4, 0.5) is 0 Å². The zero-order valence-electron chi connectivity index (χ0n) is 16.7. The van der Waals surface area contributed by atoms with Crippen LogP contribution in [0.1, 0.15) is 17.2 Å². The molecule has 0 aliphatic carbocycles. The van der Waals surface area contributed by atoms with Gasteiger partial charge in [0.1, 0.15) is 24.7 Å². The highest BCUT2D eigenvalue weighted by atomic mass is 32.2. The van der Waals surface area contributed by atoms with Crippen molar-refractivity contribution in [3.8, 4) is 11.5 Å². The summed E-state index contributed by atoms with van der Waals surface area (Å²) in [5.74, 6) is 1.28. The molecule has 2 rings (SSSR count). The molecule has 0 saturated heterocycles. The maximum absolute atomic E-state index is 11.9. The number of hydrogen-bond acceptors (Lipinski definition) is 5. The van der Waals surface area contributed by atoms with E-state index in [0.29, 0.717) is 18.1 Å². The van der Waals surface area contributed by atoms with Gasteiger partial charge in [0.2, 0.25) is 0 Å². The summed E-state index contributed by atoms with van der Waals surface area (Å²) >= 11 is 0. The number of benzene rings is 2. The van der Waals surface area contributed by atoms with Crippen molar-refractivity contribution in [2.24, 2.45) is 0 Å². The van der Waals surface area contributed by atoms with Crippen molar-refractivity contribution in [3.05, 3.63) is 59.7 Å². The molecule has 0 amide bonds. The molecule has 27 heavy (non-hydrogen) atoms. The maximum atomic E-state index is 11.9. The normalized spacial score (nSPS) is 13.2. The Hall–Kier alpha value is -1.83. The molecule has 0 saturated carbocycles. The zero-order valence-corrected chi connectivity index (χ0v) is 18.5. The molecule has 1 unspecified atom stereocenters. The van der Waals surface area contributed by atoms with Crippen molar-refractivity contribution in [2.75, 3.05) is 19.1 Å². The van der Waals surface area contributed by atoms with Crippen molar-refractivity contribution in [1.82, 2.24) is 4.98 Å². The summed E-state index contributed by atoms with van der Waals surface area (Å²) in [7, 11) is -3.24. The minimum Gasteiger partial charge on any atom is -0.493 e. The van der Waals surface area contributed by atoms with E-state index in [0.717, 1.165) is 11.1 Å². The fraction of sp³-hybridized carbons (Fsp3) is 0.400. The number of ether oxygens (including phenoxy) is 2. The first kappa shape index (κ1) is 21.5. The second-order valence-electron chi connectivity index (χ2n) is 7.72. The predicted molar refractivity (Wildman–Crippen MR) is 113 cm³/mol. The first-order chi connectivity index (χ1) is 12.6. The predicted octanol–water partition coefficient (Wildman–Crippen LogP) is 3.78. The second kappa shape index (κ2) is 8.90. The number of rotatable bonds is 9. The smallest absolute Gasteiger partial charge is 0.161 e. The van der Waals surface area contributed by atoms with Crippen LogP contribution in [0.3, 0.4) is 0 Å². The molecule has 2 aromatic rings. The van der Waals surface area contributed by atoms with E-state index >= 15 is 0 Å². The summed E-state index contributed by atoms with van der Waals surface area (Å²) in [6.07, 6.45) is 1.27. The fourth-order valence-electron chi connectivity index (χ4n) is 2.80. The molecule has 0 bridgehead atoms. The fourth-order valence-corrected chi connectivity index (χ4v) is 5.15. The maximum Gasteiger partial charge on any atom is 0.161 e. The lowest BCUT2D eigenvalue weighted by Crippen LogP contribution is -2.45. The Morgan fingerprint density at radius 1 is 1.04 bits per heavy atom. The van der Waals surface area contributed by atoms with Gasteiger partial charge in [-0.3, -0.25) is 0 Å². The van der Waals surface area contributed by atoms with E-state index in [2.05, 4.69) is 24.6 Å². The SMILES string of the molecule is COc1ccc(C(CS(C)(=O)=O)N[Si](C)(C)C)cc1OCc1ccccc1. The van der Waals surface area contributed by atoms with E-state index in [1.54, 1.807) is 7.11 Å². The zero-order chi connectivity index (χ0) is 20.1. The van der Waals surface area contributed by atoms with Gasteiger partial charge in [0, 0.05) is 12.3 Å². The quantitative estimate of drug-likeness (QED) is 0.641. The second-order valence-corrected chi connectivity index (χ2v) is 14.7. The lowest BCUT2D eigenvalue weighted by molar-refractivity contribution is 0.284. The molecule has 1 atom stereocenters. The average Bonchev–Trinajstić information content (AvgIpc) is 2.57. The average molecular weight is 408 g/mol. The van der Waals surface area contributed by atoms with E-state index in [1.807, 2.05) is 48.5 Å². The molecule has 148 valence electrons. The van der Waals surface area contributed by atoms with Crippen molar-refractivity contribution in [3.63, 3.8) is 0 Å². The molecule has 7 heteroatoms.